The second-order valence-corrected chi connectivity index (χ2v) is 10.8. The van der Waals surface area contributed by atoms with Gasteiger partial charge in [0.05, 0.1) is 17.7 Å². The van der Waals surface area contributed by atoms with Gasteiger partial charge in [-0.15, -0.1) is 0 Å². The predicted molar refractivity (Wildman–Crippen MR) is 142 cm³/mol. The number of aryl methyl sites for hydroxylation is 1. The molecular weight excluding hydrogens is 494 g/mol. The van der Waals surface area contributed by atoms with Gasteiger partial charge in [0.15, 0.2) is 5.13 Å². The Morgan fingerprint density at radius 3 is 2.08 bits per heavy atom. The van der Waals surface area contributed by atoms with Gasteiger partial charge in [-0.2, -0.15) is 0 Å². The highest BCUT2D eigenvalue weighted by molar-refractivity contribution is 7.93. The fourth-order valence-electron chi connectivity index (χ4n) is 3.89. The maximum atomic E-state index is 12.9. The minimum Gasteiger partial charge on any atom is -0.497 e. The van der Waals surface area contributed by atoms with Gasteiger partial charge in [-0.05, 0) is 48.7 Å². The summed E-state index contributed by atoms with van der Waals surface area (Å²) in [5.41, 5.74) is 2.83. The van der Waals surface area contributed by atoms with Gasteiger partial charge in [-0.1, -0.05) is 72.0 Å². The maximum Gasteiger partial charge on any atom is 0.263 e. The molecule has 0 spiro atoms. The van der Waals surface area contributed by atoms with Crippen LogP contribution in [0, 0.1) is 6.92 Å². The van der Waals surface area contributed by atoms with Gasteiger partial charge >= 0.3 is 0 Å². The smallest absolute Gasteiger partial charge is 0.263 e. The Bertz CT molecular complexity index is 1370. The Morgan fingerprint density at radius 1 is 0.944 bits per heavy atom. The third-order valence-corrected chi connectivity index (χ3v) is 8.27. The molecule has 0 fully saturated rings. The molecule has 7 nitrogen and oxygen atoms in total. The van der Waals surface area contributed by atoms with Crippen molar-refractivity contribution in [2.24, 2.45) is 0 Å². The van der Waals surface area contributed by atoms with Crippen molar-refractivity contribution in [3.05, 3.63) is 107 Å². The number of amides is 1. The number of hydrogen-bond donors (Lipinski definition) is 2. The number of carbonyl (C=O) groups excluding carboxylic acids is 1. The molecule has 0 aliphatic rings. The van der Waals surface area contributed by atoms with Crippen LogP contribution in [0.25, 0.3) is 0 Å². The highest BCUT2D eigenvalue weighted by Gasteiger charge is 2.21. The number of nitrogens with one attached hydrogen (secondary N) is 2. The van der Waals surface area contributed by atoms with E-state index < -0.39 is 10.0 Å². The fourth-order valence-corrected chi connectivity index (χ4v) is 6.00. The van der Waals surface area contributed by atoms with Crippen LogP contribution in [0.4, 0.5) is 5.13 Å². The molecule has 0 saturated heterocycles. The Balaban J connectivity index is 1.42. The fraction of sp³-hybridized carbons (Fsp3) is 0.185. The second-order valence-electron chi connectivity index (χ2n) is 8.13. The molecule has 186 valence electrons. The lowest BCUT2D eigenvalue weighted by atomic mass is 9.88. The molecular formula is C27H27N3O4S2. The van der Waals surface area contributed by atoms with E-state index in [1.54, 1.807) is 19.1 Å². The summed E-state index contributed by atoms with van der Waals surface area (Å²) in [6.45, 7) is 2.14. The van der Waals surface area contributed by atoms with E-state index in [9.17, 15) is 13.2 Å². The zero-order chi connectivity index (χ0) is 25.5. The van der Waals surface area contributed by atoms with E-state index >= 15 is 0 Å². The van der Waals surface area contributed by atoms with Crippen molar-refractivity contribution in [2.75, 3.05) is 18.4 Å². The lowest BCUT2D eigenvalue weighted by molar-refractivity contribution is 0.0956. The van der Waals surface area contributed by atoms with E-state index in [1.165, 1.54) is 30.4 Å². The molecule has 0 aliphatic heterocycles. The van der Waals surface area contributed by atoms with Crippen molar-refractivity contribution >= 4 is 32.4 Å². The number of aromatic nitrogens is 1. The molecule has 9 heteroatoms. The second kappa shape index (κ2) is 11.4. The number of thiazole rings is 1. The van der Waals surface area contributed by atoms with Gasteiger partial charge < -0.3 is 10.1 Å². The van der Waals surface area contributed by atoms with E-state index in [4.69, 9.17) is 4.74 Å². The Kier molecular flexibility index (Phi) is 8.02. The minimum atomic E-state index is -3.85. The zero-order valence-corrected chi connectivity index (χ0v) is 21.6. The summed E-state index contributed by atoms with van der Waals surface area (Å²) in [6.07, 6.45) is 0.717. The van der Waals surface area contributed by atoms with E-state index in [-0.39, 0.29) is 21.9 Å². The van der Waals surface area contributed by atoms with Crippen LogP contribution in [0.15, 0.2) is 89.8 Å². The number of rotatable bonds is 10. The van der Waals surface area contributed by atoms with Crippen LogP contribution in [-0.2, 0) is 10.0 Å². The Hall–Kier alpha value is -3.69. The summed E-state index contributed by atoms with van der Waals surface area (Å²) in [5, 5.41) is 3.11. The van der Waals surface area contributed by atoms with Crippen LogP contribution in [0.2, 0.25) is 0 Å². The molecule has 4 rings (SSSR count). The molecule has 0 bridgehead atoms. The summed E-state index contributed by atoms with van der Waals surface area (Å²) in [4.78, 5) is 17.6. The van der Waals surface area contributed by atoms with Crippen molar-refractivity contribution in [2.45, 2.75) is 24.2 Å². The summed E-state index contributed by atoms with van der Waals surface area (Å²) in [6, 6.07) is 26.4. The molecule has 0 unspecified atom stereocenters. The van der Waals surface area contributed by atoms with Crippen LogP contribution >= 0.6 is 11.3 Å². The third kappa shape index (κ3) is 6.10. The number of nitrogens with zero attached hydrogens (tertiary/aromatic N) is 1. The van der Waals surface area contributed by atoms with Crippen molar-refractivity contribution < 1.29 is 17.9 Å². The van der Waals surface area contributed by atoms with Crippen LogP contribution in [0.3, 0.4) is 0 Å². The van der Waals surface area contributed by atoms with E-state index in [0.717, 1.165) is 11.3 Å². The highest BCUT2D eigenvalue weighted by Crippen LogP contribution is 2.28. The number of carbonyl (C=O) groups is 1. The number of hydrogen-bond acceptors (Lipinski definition) is 6. The van der Waals surface area contributed by atoms with Crippen LogP contribution in [0.5, 0.6) is 5.75 Å². The van der Waals surface area contributed by atoms with Crippen LogP contribution in [0.1, 0.15) is 38.8 Å². The normalized spacial score (nSPS) is 11.3. The van der Waals surface area contributed by atoms with Crippen molar-refractivity contribution in [1.82, 2.24) is 10.3 Å². The first kappa shape index (κ1) is 25.4. The Morgan fingerprint density at radius 2 is 1.53 bits per heavy atom. The zero-order valence-electron chi connectivity index (χ0n) is 20.0. The first-order valence-corrected chi connectivity index (χ1v) is 13.7. The molecule has 36 heavy (non-hydrogen) atoms. The third-order valence-electron chi connectivity index (χ3n) is 5.72. The van der Waals surface area contributed by atoms with E-state index in [1.807, 2.05) is 36.4 Å². The van der Waals surface area contributed by atoms with E-state index in [0.29, 0.717) is 29.3 Å². The monoisotopic (exact) mass is 521 g/mol. The average Bonchev–Trinajstić information content (AvgIpc) is 3.26. The molecule has 3 aromatic carbocycles. The largest absolute Gasteiger partial charge is 0.497 e. The molecule has 1 amide bonds. The van der Waals surface area contributed by atoms with Crippen molar-refractivity contribution in [3.63, 3.8) is 0 Å². The first-order valence-electron chi connectivity index (χ1n) is 11.4. The molecule has 4 aromatic rings. The van der Waals surface area contributed by atoms with Crippen LogP contribution in [-0.4, -0.2) is 33.0 Å². The maximum absolute atomic E-state index is 12.9. The summed E-state index contributed by atoms with van der Waals surface area (Å²) in [5.74, 6) is 0.418. The molecule has 0 radical (unpaired) electrons. The molecule has 0 atom stereocenters. The molecule has 2 N–H and O–H groups in total. The molecule has 0 saturated carbocycles. The predicted octanol–water partition coefficient (Wildman–Crippen LogP) is 5.21. The van der Waals surface area contributed by atoms with Gasteiger partial charge in [-0.25, -0.2) is 13.4 Å². The lowest BCUT2D eigenvalue weighted by Gasteiger charge is -2.18. The first-order chi connectivity index (χ1) is 17.4. The summed E-state index contributed by atoms with van der Waals surface area (Å²) >= 11 is 1.01. The molecule has 0 aliphatic carbocycles. The standard InChI is InChI=1S/C27H27N3O4S2/c1-19-25(35-27(29-19)30-36(32,33)23-15-13-22(34-2)14-16-23)26(31)28-18-17-24(20-9-5-3-6-10-20)21-11-7-4-8-12-21/h3-16,24H,17-18H2,1-2H3,(H,28,31)(H,29,30). The summed E-state index contributed by atoms with van der Waals surface area (Å²) in [7, 11) is -2.34. The summed E-state index contributed by atoms with van der Waals surface area (Å²) < 4.78 is 33.0. The number of ether oxygens (including phenoxy) is 1. The number of sulfonamides is 1. The van der Waals surface area contributed by atoms with Gasteiger partial charge in [0.2, 0.25) is 0 Å². The highest BCUT2D eigenvalue weighted by atomic mass is 32.2. The van der Waals surface area contributed by atoms with Crippen molar-refractivity contribution in [3.8, 4) is 5.75 Å². The van der Waals surface area contributed by atoms with Gasteiger partial charge in [0, 0.05) is 12.5 Å². The Labute approximate surface area is 215 Å². The topological polar surface area (TPSA) is 97.4 Å². The average molecular weight is 522 g/mol. The van der Waals surface area contributed by atoms with Gasteiger partial charge in [0.25, 0.3) is 15.9 Å². The van der Waals surface area contributed by atoms with Gasteiger partial charge in [0.1, 0.15) is 10.6 Å². The number of benzene rings is 3. The number of anilines is 1. The van der Waals surface area contributed by atoms with Gasteiger partial charge in [-0.3, -0.25) is 9.52 Å². The number of methoxy groups -OCH3 is 1. The quantitative estimate of drug-likeness (QED) is 0.298. The molecule has 1 aromatic heterocycles. The lowest BCUT2D eigenvalue weighted by Crippen LogP contribution is -2.25. The van der Waals surface area contributed by atoms with E-state index in [2.05, 4.69) is 39.3 Å². The minimum absolute atomic E-state index is 0.0787. The SMILES string of the molecule is COc1ccc(S(=O)(=O)Nc2nc(C)c(C(=O)NCCC(c3ccccc3)c3ccccc3)s2)cc1. The van der Waals surface area contributed by atoms with Crippen molar-refractivity contribution in [1.29, 1.82) is 0 Å². The molecule has 1 heterocycles. The van der Waals surface area contributed by atoms with Crippen LogP contribution < -0.4 is 14.8 Å².